The molecule has 0 aromatic carbocycles. The minimum atomic E-state index is 0.397. The zero-order chi connectivity index (χ0) is 12.8. The van der Waals surface area contributed by atoms with Crippen LogP contribution in [0.25, 0.3) is 0 Å². The molecule has 0 aliphatic rings. The van der Waals surface area contributed by atoms with Crippen molar-refractivity contribution in [2.45, 2.75) is 38.9 Å². The van der Waals surface area contributed by atoms with Crippen molar-refractivity contribution in [1.82, 2.24) is 9.97 Å². The number of hydrogen-bond acceptors (Lipinski definition) is 5. The maximum atomic E-state index is 4.46. The van der Waals surface area contributed by atoms with Crippen LogP contribution in [0.5, 0.6) is 0 Å². The molecule has 0 aliphatic carbocycles. The molecule has 1 heterocycles. The lowest BCUT2D eigenvalue weighted by Gasteiger charge is -2.18. The molecule has 0 fully saturated rings. The quantitative estimate of drug-likeness (QED) is 0.603. The minimum absolute atomic E-state index is 0.397. The Bertz CT molecular complexity index is 354. The van der Waals surface area contributed by atoms with Crippen LogP contribution in [0, 0.1) is 5.92 Å². The van der Waals surface area contributed by atoms with Gasteiger partial charge in [-0.1, -0.05) is 25.6 Å². The van der Waals surface area contributed by atoms with Crippen LogP contribution in [0.4, 0.5) is 11.6 Å². The van der Waals surface area contributed by atoms with E-state index in [1.54, 1.807) is 11.8 Å². The predicted molar refractivity (Wildman–Crippen MR) is 75.9 cm³/mol. The highest BCUT2D eigenvalue weighted by Gasteiger charge is 2.09. The van der Waals surface area contributed by atoms with Gasteiger partial charge in [0.05, 0.1) is 0 Å². The van der Waals surface area contributed by atoms with E-state index in [2.05, 4.69) is 48.3 Å². The Morgan fingerprint density at radius 1 is 1.24 bits per heavy atom. The van der Waals surface area contributed by atoms with Gasteiger partial charge in [-0.25, -0.2) is 9.97 Å². The fourth-order valence-corrected chi connectivity index (χ4v) is 1.64. The molecular weight excluding hydrogens is 232 g/mol. The van der Waals surface area contributed by atoms with Gasteiger partial charge in [0.1, 0.15) is 11.6 Å². The molecule has 96 valence electrons. The highest BCUT2D eigenvalue weighted by atomic mass is 32.2. The van der Waals surface area contributed by atoms with E-state index in [9.17, 15) is 0 Å². The fourth-order valence-electron chi connectivity index (χ4n) is 1.26. The highest BCUT2D eigenvalue weighted by molar-refractivity contribution is 7.98. The Morgan fingerprint density at radius 2 is 1.88 bits per heavy atom. The molecule has 1 unspecified atom stereocenters. The molecule has 5 heteroatoms. The van der Waals surface area contributed by atoms with E-state index in [0.717, 1.165) is 23.3 Å². The average molecular weight is 254 g/mol. The standard InChI is InChI=1S/C12H22N4S/c1-6-13-10-7-11(14-9(4)8(2)3)16-12(15-10)17-5/h7-9H,6H2,1-5H3,(H2,13,14,15,16). The van der Waals surface area contributed by atoms with Gasteiger partial charge in [0, 0.05) is 18.7 Å². The van der Waals surface area contributed by atoms with Gasteiger partial charge in [0.2, 0.25) is 0 Å². The molecule has 0 spiro atoms. The maximum absolute atomic E-state index is 4.46. The number of nitrogens with zero attached hydrogens (tertiary/aromatic N) is 2. The third-order valence-electron chi connectivity index (χ3n) is 2.62. The summed E-state index contributed by atoms with van der Waals surface area (Å²) in [7, 11) is 0. The van der Waals surface area contributed by atoms with Crippen molar-refractivity contribution in [2.75, 3.05) is 23.4 Å². The molecule has 1 aromatic heterocycles. The number of hydrogen-bond donors (Lipinski definition) is 2. The summed E-state index contributed by atoms with van der Waals surface area (Å²) < 4.78 is 0. The molecule has 0 saturated heterocycles. The van der Waals surface area contributed by atoms with E-state index in [1.807, 2.05) is 12.3 Å². The molecule has 0 amide bonds. The first-order valence-corrected chi connectivity index (χ1v) is 7.22. The molecule has 2 N–H and O–H groups in total. The van der Waals surface area contributed by atoms with Crippen LogP contribution in [0.2, 0.25) is 0 Å². The monoisotopic (exact) mass is 254 g/mol. The predicted octanol–water partition coefficient (Wildman–Crippen LogP) is 3.09. The van der Waals surface area contributed by atoms with Gasteiger partial charge < -0.3 is 10.6 Å². The van der Waals surface area contributed by atoms with E-state index in [0.29, 0.717) is 12.0 Å². The SMILES string of the molecule is CCNc1cc(NC(C)C(C)C)nc(SC)n1. The zero-order valence-corrected chi connectivity index (χ0v) is 12.1. The van der Waals surface area contributed by atoms with Crippen LogP contribution in [0.3, 0.4) is 0 Å². The molecule has 0 aliphatic heterocycles. The molecule has 1 rings (SSSR count). The second-order valence-electron chi connectivity index (χ2n) is 4.33. The van der Waals surface area contributed by atoms with Crippen molar-refractivity contribution in [1.29, 1.82) is 0 Å². The van der Waals surface area contributed by atoms with E-state index < -0.39 is 0 Å². The first-order valence-electron chi connectivity index (χ1n) is 6.00. The molecule has 0 radical (unpaired) electrons. The Balaban J connectivity index is 2.86. The Kier molecular flexibility index (Phi) is 5.55. The van der Waals surface area contributed by atoms with Crippen molar-refractivity contribution in [3.05, 3.63) is 6.07 Å². The van der Waals surface area contributed by atoms with Crippen LogP contribution in [-0.4, -0.2) is 28.8 Å². The largest absolute Gasteiger partial charge is 0.370 e. The molecule has 4 nitrogen and oxygen atoms in total. The molecule has 17 heavy (non-hydrogen) atoms. The van der Waals surface area contributed by atoms with E-state index in [1.165, 1.54) is 0 Å². The Hall–Kier alpha value is -0.970. The Labute approximate surface area is 108 Å². The van der Waals surface area contributed by atoms with Gasteiger partial charge >= 0.3 is 0 Å². The highest BCUT2D eigenvalue weighted by Crippen LogP contribution is 2.18. The summed E-state index contributed by atoms with van der Waals surface area (Å²) in [5.41, 5.74) is 0. The van der Waals surface area contributed by atoms with Gasteiger partial charge in [0.15, 0.2) is 5.16 Å². The number of rotatable bonds is 6. The van der Waals surface area contributed by atoms with E-state index >= 15 is 0 Å². The van der Waals surface area contributed by atoms with Crippen LogP contribution in [0.1, 0.15) is 27.7 Å². The zero-order valence-electron chi connectivity index (χ0n) is 11.2. The summed E-state index contributed by atoms with van der Waals surface area (Å²) in [6.07, 6.45) is 1.99. The van der Waals surface area contributed by atoms with Gasteiger partial charge in [-0.2, -0.15) is 0 Å². The smallest absolute Gasteiger partial charge is 0.191 e. The molecule has 1 atom stereocenters. The van der Waals surface area contributed by atoms with Gasteiger partial charge in [0.25, 0.3) is 0 Å². The summed E-state index contributed by atoms with van der Waals surface area (Å²) >= 11 is 1.56. The minimum Gasteiger partial charge on any atom is -0.370 e. The van der Waals surface area contributed by atoms with Gasteiger partial charge in [-0.15, -0.1) is 0 Å². The topological polar surface area (TPSA) is 49.8 Å². The van der Waals surface area contributed by atoms with Crippen LogP contribution in [-0.2, 0) is 0 Å². The van der Waals surface area contributed by atoms with Crippen LogP contribution in [0.15, 0.2) is 11.2 Å². The molecule has 0 saturated carbocycles. The molecule has 0 bridgehead atoms. The number of thioether (sulfide) groups is 1. The van der Waals surface area contributed by atoms with E-state index in [-0.39, 0.29) is 0 Å². The Morgan fingerprint density at radius 3 is 2.41 bits per heavy atom. The average Bonchev–Trinajstić information content (AvgIpc) is 2.28. The molecule has 1 aromatic rings. The van der Waals surface area contributed by atoms with Crippen molar-refractivity contribution in [3.8, 4) is 0 Å². The van der Waals surface area contributed by atoms with E-state index in [4.69, 9.17) is 0 Å². The number of nitrogens with one attached hydrogen (secondary N) is 2. The third-order valence-corrected chi connectivity index (χ3v) is 3.17. The lowest BCUT2D eigenvalue weighted by Crippen LogP contribution is -2.22. The van der Waals surface area contributed by atoms with Crippen molar-refractivity contribution in [2.24, 2.45) is 5.92 Å². The first kappa shape index (κ1) is 14.1. The lowest BCUT2D eigenvalue weighted by atomic mass is 10.1. The number of anilines is 2. The van der Waals surface area contributed by atoms with Gasteiger partial charge in [-0.05, 0) is 26.0 Å². The van der Waals surface area contributed by atoms with Gasteiger partial charge in [-0.3, -0.25) is 0 Å². The van der Waals surface area contributed by atoms with Crippen molar-refractivity contribution >= 4 is 23.4 Å². The normalized spacial score (nSPS) is 12.6. The van der Waals surface area contributed by atoms with Crippen molar-refractivity contribution in [3.63, 3.8) is 0 Å². The fraction of sp³-hybridized carbons (Fsp3) is 0.667. The third kappa shape index (κ3) is 4.42. The second-order valence-corrected chi connectivity index (χ2v) is 5.11. The summed E-state index contributed by atoms with van der Waals surface area (Å²) in [5, 5.41) is 7.42. The van der Waals surface area contributed by atoms with Crippen LogP contribution < -0.4 is 10.6 Å². The maximum Gasteiger partial charge on any atom is 0.191 e. The summed E-state index contributed by atoms with van der Waals surface area (Å²) in [4.78, 5) is 8.85. The summed E-state index contributed by atoms with van der Waals surface area (Å²) in [6, 6.07) is 2.36. The second kappa shape index (κ2) is 6.69. The lowest BCUT2D eigenvalue weighted by molar-refractivity contribution is 0.557. The first-order chi connectivity index (χ1) is 8.06. The van der Waals surface area contributed by atoms with Crippen LogP contribution >= 0.6 is 11.8 Å². The summed E-state index contributed by atoms with van der Waals surface area (Å²) in [6.45, 7) is 9.48. The van der Waals surface area contributed by atoms with Crippen molar-refractivity contribution < 1.29 is 0 Å². The summed E-state index contributed by atoms with van der Waals surface area (Å²) in [5.74, 6) is 2.34. The number of aromatic nitrogens is 2. The molecular formula is C12H22N4S.